The second-order valence-electron chi connectivity index (χ2n) is 12.7. The van der Waals surface area contributed by atoms with Gasteiger partial charge in [0.2, 0.25) is 5.91 Å². The molecule has 228 valence electrons. The summed E-state index contributed by atoms with van der Waals surface area (Å²) in [4.78, 5) is 40.4. The van der Waals surface area contributed by atoms with Crippen molar-refractivity contribution < 1.29 is 28.6 Å². The van der Waals surface area contributed by atoms with Crippen LogP contribution in [0, 0.1) is 11.8 Å². The first kappa shape index (κ1) is 31.5. The van der Waals surface area contributed by atoms with Gasteiger partial charge in [-0.25, -0.2) is 9.59 Å². The quantitative estimate of drug-likeness (QED) is 0.316. The first-order chi connectivity index (χ1) is 20.1. The van der Waals surface area contributed by atoms with Crippen LogP contribution in [0.2, 0.25) is 0 Å². The third-order valence-corrected chi connectivity index (χ3v) is 8.37. The number of carbonyl (C=O) groups is 3. The Labute approximate surface area is 250 Å². The highest BCUT2D eigenvalue weighted by Crippen LogP contribution is 2.33. The Kier molecular flexibility index (Phi) is 11.0. The molecule has 2 amide bonds. The normalized spacial score (nSPS) is 19.7. The average molecular weight is 579 g/mol. The Morgan fingerprint density at radius 1 is 0.881 bits per heavy atom. The molecule has 1 atom stereocenters. The predicted molar refractivity (Wildman–Crippen MR) is 161 cm³/mol. The summed E-state index contributed by atoms with van der Waals surface area (Å²) in [5.74, 6) is 0.0736. The van der Waals surface area contributed by atoms with E-state index in [1.165, 1.54) is 0 Å². The molecule has 0 saturated heterocycles. The molecule has 8 nitrogen and oxygen atoms in total. The van der Waals surface area contributed by atoms with Gasteiger partial charge in [-0.05, 0) is 101 Å². The summed E-state index contributed by atoms with van der Waals surface area (Å²) in [5.41, 5.74) is 1.82. The Morgan fingerprint density at radius 2 is 1.50 bits per heavy atom. The van der Waals surface area contributed by atoms with Crippen LogP contribution in [0.15, 0.2) is 54.6 Å². The van der Waals surface area contributed by atoms with Crippen LogP contribution >= 0.6 is 0 Å². The Bertz CT molecular complexity index is 1180. The largest absolute Gasteiger partial charge is 0.457 e. The van der Waals surface area contributed by atoms with Crippen LogP contribution in [-0.4, -0.2) is 54.2 Å². The van der Waals surface area contributed by atoms with Gasteiger partial charge in [0, 0.05) is 19.7 Å². The molecule has 2 aliphatic carbocycles. The molecule has 42 heavy (non-hydrogen) atoms. The molecule has 2 fully saturated rings. The van der Waals surface area contributed by atoms with E-state index in [0.717, 1.165) is 56.1 Å². The van der Waals surface area contributed by atoms with Crippen molar-refractivity contribution in [2.75, 3.05) is 13.7 Å². The summed E-state index contributed by atoms with van der Waals surface area (Å²) < 4.78 is 17.2. The van der Waals surface area contributed by atoms with Crippen LogP contribution in [0.1, 0.15) is 87.2 Å². The Hall–Kier alpha value is -3.39. The smallest absolute Gasteiger partial charge is 0.408 e. The van der Waals surface area contributed by atoms with Crippen molar-refractivity contribution >= 4 is 18.0 Å². The predicted octanol–water partition coefficient (Wildman–Crippen LogP) is 6.27. The number of esters is 1. The standard InChI is InChI=1S/C34H46N2O6/c1-34(2,3)42-33(39)35-30(31(37)36(4)29-15-10-16-29)25-19-17-24(18-20-25)21-40-22-27-13-8-9-14-28(27)23-41-32(38)26-11-6-5-7-12-26/h5-9,11-14,24-25,29-30H,10,15-23H2,1-4H3,(H,35,39)/t24-,25-,30-/m0/s1. The van der Waals surface area contributed by atoms with Crippen molar-refractivity contribution in [1.82, 2.24) is 10.2 Å². The van der Waals surface area contributed by atoms with E-state index in [9.17, 15) is 14.4 Å². The second-order valence-corrected chi connectivity index (χ2v) is 12.7. The summed E-state index contributed by atoms with van der Waals surface area (Å²) in [6, 6.07) is 16.5. The molecule has 0 aromatic heterocycles. The topological polar surface area (TPSA) is 94.2 Å². The summed E-state index contributed by atoms with van der Waals surface area (Å²) >= 11 is 0. The molecule has 0 aliphatic heterocycles. The van der Waals surface area contributed by atoms with Gasteiger partial charge in [-0.3, -0.25) is 4.79 Å². The van der Waals surface area contributed by atoms with Crippen molar-refractivity contribution in [3.05, 3.63) is 71.3 Å². The van der Waals surface area contributed by atoms with E-state index < -0.39 is 17.7 Å². The summed E-state index contributed by atoms with van der Waals surface area (Å²) in [7, 11) is 1.86. The monoisotopic (exact) mass is 578 g/mol. The van der Waals surface area contributed by atoms with Crippen LogP contribution in [0.25, 0.3) is 0 Å². The zero-order chi connectivity index (χ0) is 30.1. The van der Waals surface area contributed by atoms with Gasteiger partial charge in [-0.15, -0.1) is 0 Å². The highest BCUT2D eigenvalue weighted by molar-refractivity contribution is 5.89. The van der Waals surface area contributed by atoms with E-state index in [4.69, 9.17) is 14.2 Å². The molecule has 0 unspecified atom stereocenters. The van der Waals surface area contributed by atoms with Crippen LogP contribution in [0.3, 0.4) is 0 Å². The maximum Gasteiger partial charge on any atom is 0.408 e. The number of benzene rings is 2. The van der Waals surface area contributed by atoms with Crippen LogP contribution in [0.4, 0.5) is 4.79 Å². The highest BCUT2D eigenvalue weighted by atomic mass is 16.6. The molecule has 0 radical (unpaired) electrons. The van der Waals surface area contributed by atoms with Gasteiger partial charge in [0.1, 0.15) is 18.2 Å². The third kappa shape index (κ3) is 9.05. The van der Waals surface area contributed by atoms with Gasteiger partial charge >= 0.3 is 12.1 Å². The summed E-state index contributed by atoms with van der Waals surface area (Å²) in [6.07, 6.45) is 6.16. The number of carbonyl (C=O) groups excluding carboxylic acids is 3. The molecular weight excluding hydrogens is 532 g/mol. The molecule has 0 spiro atoms. The molecule has 2 aromatic carbocycles. The first-order valence-corrected chi connectivity index (χ1v) is 15.2. The number of hydrogen-bond acceptors (Lipinski definition) is 6. The van der Waals surface area contributed by atoms with Gasteiger partial charge in [0.05, 0.1) is 12.2 Å². The summed E-state index contributed by atoms with van der Waals surface area (Å²) in [5, 5.41) is 2.92. The number of nitrogens with zero attached hydrogens (tertiary/aromatic N) is 1. The molecule has 0 heterocycles. The fourth-order valence-corrected chi connectivity index (χ4v) is 5.65. The molecule has 4 rings (SSSR count). The highest BCUT2D eigenvalue weighted by Gasteiger charge is 2.38. The minimum atomic E-state index is -0.630. The lowest BCUT2D eigenvalue weighted by Gasteiger charge is -2.40. The number of alkyl carbamates (subject to hydrolysis) is 1. The fraction of sp³-hybridized carbons (Fsp3) is 0.559. The van der Waals surface area contributed by atoms with Crippen molar-refractivity contribution in [2.45, 2.75) is 96.6 Å². The zero-order valence-electron chi connectivity index (χ0n) is 25.5. The number of nitrogens with one attached hydrogen (secondary N) is 1. The number of likely N-dealkylation sites (N-methyl/N-ethyl adjacent to an activating group) is 1. The van der Waals surface area contributed by atoms with Gasteiger partial charge in [0.15, 0.2) is 0 Å². The SMILES string of the molecule is CN(C(=O)[C@@H](NC(=O)OC(C)(C)C)[C@H]1CC[C@H](COCc2ccccc2COC(=O)c2ccccc2)CC1)C1CCC1. The lowest BCUT2D eigenvalue weighted by molar-refractivity contribution is -0.137. The average Bonchev–Trinajstić information content (AvgIpc) is 2.94. The van der Waals surface area contributed by atoms with Gasteiger partial charge in [-0.1, -0.05) is 42.5 Å². The van der Waals surface area contributed by atoms with E-state index >= 15 is 0 Å². The molecular formula is C34H46N2O6. The van der Waals surface area contributed by atoms with Crippen molar-refractivity contribution in [2.24, 2.45) is 11.8 Å². The van der Waals surface area contributed by atoms with E-state index in [1.807, 2.05) is 75.2 Å². The number of ether oxygens (including phenoxy) is 3. The lowest BCUT2D eigenvalue weighted by atomic mass is 9.78. The molecule has 0 bridgehead atoms. The second kappa shape index (κ2) is 14.7. The van der Waals surface area contributed by atoms with E-state index in [-0.39, 0.29) is 30.4 Å². The Balaban J connectivity index is 1.27. The van der Waals surface area contributed by atoms with E-state index in [1.54, 1.807) is 12.1 Å². The molecule has 2 saturated carbocycles. The van der Waals surface area contributed by atoms with Crippen molar-refractivity contribution in [1.29, 1.82) is 0 Å². The zero-order valence-corrected chi connectivity index (χ0v) is 25.5. The van der Waals surface area contributed by atoms with Crippen LogP contribution in [0.5, 0.6) is 0 Å². The molecule has 2 aliphatic rings. The third-order valence-electron chi connectivity index (χ3n) is 8.37. The number of amides is 2. The fourth-order valence-electron chi connectivity index (χ4n) is 5.65. The van der Waals surface area contributed by atoms with E-state index in [2.05, 4.69) is 5.32 Å². The van der Waals surface area contributed by atoms with E-state index in [0.29, 0.717) is 24.7 Å². The van der Waals surface area contributed by atoms with Crippen LogP contribution in [-0.2, 0) is 32.2 Å². The molecule has 2 aromatic rings. The molecule has 8 heteroatoms. The molecule has 1 N–H and O–H groups in total. The van der Waals surface area contributed by atoms with Crippen LogP contribution < -0.4 is 5.32 Å². The minimum Gasteiger partial charge on any atom is -0.457 e. The van der Waals surface area contributed by atoms with Gasteiger partial charge < -0.3 is 24.4 Å². The van der Waals surface area contributed by atoms with Crippen molar-refractivity contribution in [3.63, 3.8) is 0 Å². The Morgan fingerprint density at radius 3 is 2.10 bits per heavy atom. The van der Waals surface area contributed by atoms with Gasteiger partial charge in [0.25, 0.3) is 0 Å². The number of rotatable bonds is 11. The maximum atomic E-state index is 13.5. The maximum absolute atomic E-state index is 13.5. The number of hydrogen-bond donors (Lipinski definition) is 1. The lowest BCUT2D eigenvalue weighted by Crippen LogP contribution is -2.55. The summed E-state index contributed by atoms with van der Waals surface area (Å²) in [6.45, 7) is 6.71. The van der Waals surface area contributed by atoms with Crippen molar-refractivity contribution in [3.8, 4) is 0 Å². The first-order valence-electron chi connectivity index (χ1n) is 15.2. The van der Waals surface area contributed by atoms with Gasteiger partial charge in [-0.2, -0.15) is 0 Å². The minimum absolute atomic E-state index is 0.0187.